The van der Waals surface area contributed by atoms with Gasteiger partial charge in [-0.3, -0.25) is 4.52 Å². The first-order valence-corrected chi connectivity index (χ1v) is 5.72. The molecule has 0 amide bonds. The van der Waals surface area contributed by atoms with E-state index in [1.54, 1.807) is 0 Å². The van der Waals surface area contributed by atoms with E-state index in [1.807, 2.05) is 0 Å². The second kappa shape index (κ2) is 4.29. The van der Waals surface area contributed by atoms with E-state index < -0.39 is 37.8 Å². The third-order valence-corrected chi connectivity index (χ3v) is 2.78. The van der Waals surface area contributed by atoms with Gasteiger partial charge in [0, 0.05) is 0 Å². The van der Waals surface area contributed by atoms with Crippen molar-refractivity contribution in [3.63, 3.8) is 0 Å². The van der Waals surface area contributed by atoms with Gasteiger partial charge in [-0.15, -0.1) is 0 Å². The molecule has 1 aliphatic rings. The van der Waals surface area contributed by atoms with Gasteiger partial charge in [0.1, 0.15) is 20.1 Å². The van der Waals surface area contributed by atoms with Crippen molar-refractivity contribution in [2.45, 2.75) is 23.3 Å². The zero-order valence-electron chi connectivity index (χ0n) is 7.29. The minimum absolute atomic E-state index is 0.711. The number of hydrogen-bond donors (Lipinski definition) is 3. The van der Waals surface area contributed by atoms with Crippen molar-refractivity contribution in [3.8, 4) is 0 Å². The lowest BCUT2D eigenvalue weighted by atomic mass is 9.93. The molecule has 1 aliphatic heterocycles. The third kappa shape index (κ3) is 3.14. The van der Waals surface area contributed by atoms with Gasteiger partial charge < -0.3 is 19.6 Å². The van der Waals surface area contributed by atoms with Gasteiger partial charge in [0.25, 0.3) is 0 Å². The Morgan fingerprint density at radius 3 is 2.53 bits per heavy atom. The highest BCUT2D eigenvalue weighted by Gasteiger charge is 2.53. The summed E-state index contributed by atoms with van der Waals surface area (Å²) in [5.74, 6) is 0. The summed E-state index contributed by atoms with van der Waals surface area (Å²) in [5, 5.41) is 6.55. The summed E-state index contributed by atoms with van der Waals surface area (Å²) < 4.78 is 32.3. The van der Waals surface area contributed by atoms with Crippen LogP contribution in [0.5, 0.6) is 0 Å². The molecular weight excluding hydrogens is 252 g/mol. The van der Waals surface area contributed by atoms with Crippen LogP contribution in [-0.2, 0) is 13.8 Å². The lowest BCUT2D eigenvalue weighted by Crippen LogP contribution is -2.39. The summed E-state index contributed by atoms with van der Waals surface area (Å²) in [7, 11) is 0.390. The average Bonchev–Trinajstić information content (AvgIpc) is 2.25. The summed E-state index contributed by atoms with van der Waals surface area (Å²) in [5.41, 5.74) is 0. The van der Waals surface area contributed by atoms with Crippen LogP contribution in [-0.4, -0.2) is 52.7 Å². The highest BCUT2D eigenvalue weighted by atomic mass is 35.5. The molecule has 6 nitrogen and oxygen atoms in total. The third-order valence-electron chi connectivity index (χ3n) is 1.85. The van der Waals surface area contributed by atoms with Crippen molar-refractivity contribution in [2.24, 2.45) is 0 Å². The maximum Gasteiger partial charge on any atom is 0.469 e. The summed E-state index contributed by atoms with van der Waals surface area (Å²) >= 11 is 5.20. The fourth-order valence-corrected chi connectivity index (χ4v) is 1.60. The lowest BCUT2D eigenvalue weighted by Gasteiger charge is -2.19. The zero-order valence-corrected chi connectivity index (χ0v) is 8.94. The zero-order chi connectivity index (χ0) is 11.9. The van der Waals surface area contributed by atoms with Crippen LogP contribution in [0, 0.1) is 0 Å². The number of aliphatic hydroxyl groups is 1. The van der Waals surface area contributed by atoms with Crippen molar-refractivity contribution in [3.05, 3.63) is 0 Å². The SMILES string of the molecule is [B][C@@H]1O[C@H](COP(=O)(O)O)[C@@H](O)[C@]1(F)Cl. The molecule has 86 valence electrons. The summed E-state index contributed by atoms with van der Waals surface area (Å²) in [6, 6.07) is -1.58. The molecule has 0 spiro atoms. The number of ether oxygens (including phenoxy) is 1. The number of hydrogen-bond acceptors (Lipinski definition) is 4. The average molecular weight is 260 g/mol. The molecular formula is C5H8BClFO6P. The molecule has 0 saturated carbocycles. The molecule has 2 radical (unpaired) electrons. The predicted octanol–water partition coefficient (Wildman–Crippen LogP) is -0.745. The minimum Gasteiger partial charge on any atom is -0.386 e. The Bertz CT molecular complexity index is 285. The Kier molecular flexibility index (Phi) is 3.83. The van der Waals surface area contributed by atoms with Gasteiger partial charge in [0.05, 0.1) is 12.6 Å². The Morgan fingerprint density at radius 2 is 2.20 bits per heavy atom. The molecule has 0 aliphatic carbocycles. The molecule has 1 saturated heterocycles. The summed E-state index contributed by atoms with van der Waals surface area (Å²) in [4.78, 5) is 16.7. The number of phosphoric ester groups is 1. The quantitative estimate of drug-likeness (QED) is 0.351. The molecule has 15 heavy (non-hydrogen) atoms. The Balaban J connectivity index is 2.57. The van der Waals surface area contributed by atoms with Crippen LogP contribution in [0.2, 0.25) is 0 Å². The topological polar surface area (TPSA) is 96.2 Å². The fourth-order valence-electron chi connectivity index (χ4n) is 1.07. The smallest absolute Gasteiger partial charge is 0.386 e. The van der Waals surface area contributed by atoms with Crippen molar-refractivity contribution < 1.29 is 33.1 Å². The van der Waals surface area contributed by atoms with E-state index in [0.717, 1.165) is 0 Å². The number of alkyl halides is 2. The van der Waals surface area contributed by atoms with Crippen LogP contribution in [0.4, 0.5) is 4.39 Å². The molecule has 0 aromatic rings. The van der Waals surface area contributed by atoms with E-state index in [0.29, 0.717) is 0 Å². The molecule has 1 fully saturated rings. The molecule has 0 unspecified atom stereocenters. The van der Waals surface area contributed by atoms with Gasteiger partial charge >= 0.3 is 7.82 Å². The van der Waals surface area contributed by atoms with Crippen LogP contribution >= 0.6 is 19.4 Å². The van der Waals surface area contributed by atoms with Gasteiger partial charge in [-0.05, 0) is 0 Å². The van der Waals surface area contributed by atoms with Crippen LogP contribution in [0.25, 0.3) is 0 Å². The number of halogens is 2. The second-order valence-corrected chi connectivity index (χ2v) is 4.82. The maximum absolute atomic E-state index is 13.3. The monoisotopic (exact) mass is 260 g/mol. The first-order chi connectivity index (χ1) is 6.64. The van der Waals surface area contributed by atoms with Crippen LogP contribution in [0.3, 0.4) is 0 Å². The Morgan fingerprint density at radius 1 is 1.67 bits per heavy atom. The van der Waals surface area contributed by atoms with Crippen LogP contribution < -0.4 is 0 Å². The van der Waals surface area contributed by atoms with E-state index in [1.165, 1.54) is 0 Å². The molecule has 3 N–H and O–H groups in total. The normalized spacial score (nSPS) is 42.1. The number of aliphatic hydroxyl groups excluding tert-OH is 1. The van der Waals surface area contributed by atoms with Gasteiger partial charge in [-0.25, -0.2) is 8.96 Å². The highest BCUT2D eigenvalue weighted by Crippen LogP contribution is 2.40. The standard InChI is InChI=1S/C5H8BClFO6P/c6-4-5(7,8)3(9)2(14-4)1-13-15(10,11)12/h2-4,9H,1H2,(H2,10,11,12)/t2-,3-,4-,5-/m1/s1. The van der Waals surface area contributed by atoms with Crippen LogP contribution in [0.15, 0.2) is 0 Å². The van der Waals surface area contributed by atoms with Crippen molar-refractivity contribution >= 4 is 27.3 Å². The molecule has 1 rings (SSSR count). The van der Waals surface area contributed by atoms with Crippen molar-refractivity contribution in [1.82, 2.24) is 0 Å². The molecule has 0 aromatic carbocycles. The molecule has 0 bridgehead atoms. The molecule has 4 atom stereocenters. The predicted molar refractivity (Wildman–Crippen MR) is 48.1 cm³/mol. The van der Waals surface area contributed by atoms with Crippen molar-refractivity contribution in [2.75, 3.05) is 6.61 Å². The molecule has 1 heterocycles. The number of rotatable bonds is 3. The number of phosphoric acid groups is 1. The molecule has 0 aromatic heterocycles. The van der Waals surface area contributed by atoms with Gasteiger partial charge in [-0.1, -0.05) is 11.6 Å². The highest BCUT2D eigenvalue weighted by molar-refractivity contribution is 7.46. The van der Waals surface area contributed by atoms with E-state index in [2.05, 4.69) is 9.26 Å². The first kappa shape index (κ1) is 13.4. The summed E-state index contributed by atoms with van der Waals surface area (Å²) in [6.07, 6.45) is -3.14. The first-order valence-electron chi connectivity index (χ1n) is 3.81. The van der Waals surface area contributed by atoms with Gasteiger partial charge in [0.2, 0.25) is 5.13 Å². The van der Waals surface area contributed by atoms with E-state index in [-0.39, 0.29) is 0 Å². The fraction of sp³-hybridized carbons (Fsp3) is 1.00. The lowest BCUT2D eigenvalue weighted by molar-refractivity contribution is -0.00690. The van der Waals surface area contributed by atoms with Crippen LogP contribution in [0.1, 0.15) is 0 Å². The Labute approximate surface area is 91.0 Å². The van der Waals surface area contributed by atoms with E-state index in [9.17, 15) is 14.1 Å². The van der Waals surface area contributed by atoms with Gasteiger partial charge in [0.15, 0.2) is 0 Å². The van der Waals surface area contributed by atoms with Crippen molar-refractivity contribution in [1.29, 1.82) is 0 Å². The molecule has 10 heteroatoms. The van der Waals surface area contributed by atoms with E-state index >= 15 is 0 Å². The largest absolute Gasteiger partial charge is 0.469 e. The minimum atomic E-state index is -4.70. The maximum atomic E-state index is 13.3. The Hall–Kier alpha value is 0.315. The van der Waals surface area contributed by atoms with E-state index in [4.69, 9.17) is 29.2 Å². The summed E-state index contributed by atoms with van der Waals surface area (Å²) in [6.45, 7) is -0.711. The second-order valence-electron chi connectivity index (χ2n) is 3.00. The van der Waals surface area contributed by atoms with Gasteiger partial charge in [-0.2, -0.15) is 0 Å².